The third-order valence-corrected chi connectivity index (χ3v) is 5.07. The van der Waals surface area contributed by atoms with Crippen LogP contribution in [0.5, 0.6) is 0 Å². The fourth-order valence-corrected chi connectivity index (χ4v) is 3.32. The van der Waals surface area contributed by atoms with Crippen molar-refractivity contribution in [3.05, 3.63) is 41.7 Å². The van der Waals surface area contributed by atoms with Crippen LogP contribution in [-0.2, 0) is 14.8 Å². The lowest BCUT2D eigenvalue weighted by molar-refractivity contribution is 0.0285. The molecule has 0 aliphatic carbocycles. The van der Waals surface area contributed by atoms with Gasteiger partial charge in [0.25, 0.3) is 10.0 Å². The summed E-state index contributed by atoms with van der Waals surface area (Å²) in [6, 6.07) is 6.55. The third kappa shape index (κ3) is 5.74. The summed E-state index contributed by atoms with van der Waals surface area (Å²) in [5, 5.41) is 0. The van der Waals surface area contributed by atoms with E-state index >= 15 is 0 Å². The predicted octanol–water partition coefficient (Wildman–Crippen LogP) is 3.04. The molecule has 2 rings (SSSR count). The van der Waals surface area contributed by atoms with Gasteiger partial charge in [0.15, 0.2) is 0 Å². The van der Waals surface area contributed by atoms with Gasteiger partial charge in [-0.05, 0) is 59.1 Å². The van der Waals surface area contributed by atoms with Gasteiger partial charge in [0.05, 0.1) is 4.90 Å². The molecular formula is C18H27N3O4S. The van der Waals surface area contributed by atoms with Gasteiger partial charge < -0.3 is 10.2 Å². The molecule has 8 heteroatoms. The zero-order chi connectivity index (χ0) is 19.4. The van der Waals surface area contributed by atoms with Crippen LogP contribution in [0.4, 0.5) is 4.79 Å². The Labute approximate surface area is 155 Å². The molecule has 0 atom stereocenters. The Bertz CT molecular complexity index is 765. The molecule has 1 aliphatic heterocycles. The van der Waals surface area contributed by atoms with Crippen LogP contribution in [0.15, 0.2) is 41.1 Å². The number of ether oxygens (including phenoxy) is 1. The smallest absolute Gasteiger partial charge is 0.414 e. The average Bonchev–Trinajstić information content (AvgIpc) is 2.54. The second-order valence-corrected chi connectivity index (χ2v) is 8.97. The van der Waals surface area contributed by atoms with E-state index in [4.69, 9.17) is 4.74 Å². The summed E-state index contributed by atoms with van der Waals surface area (Å²) in [7, 11) is -3.68. The first-order valence-corrected chi connectivity index (χ1v) is 10.1. The highest BCUT2D eigenvalue weighted by Gasteiger charge is 2.26. The first kappa shape index (κ1) is 20.3. The summed E-state index contributed by atoms with van der Waals surface area (Å²) in [6.45, 7) is 7.87. The lowest BCUT2D eigenvalue weighted by Gasteiger charge is -2.32. The van der Waals surface area contributed by atoms with Crippen LogP contribution in [-0.4, -0.2) is 31.6 Å². The van der Waals surface area contributed by atoms with Gasteiger partial charge in [0.2, 0.25) is 0 Å². The molecule has 144 valence electrons. The van der Waals surface area contributed by atoms with E-state index in [0.717, 1.165) is 18.4 Å². The summed E-state index contributed by atoms with van der Waals surface area (Å²) in [5.41, 5.74) is 3.70. The Morgan fingerprint density at radius 3 is 2.46 bits per heavy atom. The maximum atomic E-state index is 12.3. The molecule has 0 saturated carbocycles. The van der Waals surface area contributed by atoms with Gasteiger partial charge in [-0.3, -0.25) is 4.90 Å². The molecule has 0 bridgehead atoms. The van der Waals surface area contributed by atoms with E-state index < -0.39 is 21.7 Å². The maximum absolute atomic E-state index is 12.3. The fourth-order valence-electron chi connectivity index (χ4n) is 2.50. The molecule has 0 spiro atoms. The van der Waals surface area contributed by atoms with E-state index in [1.165, 1.54) is 6.20 Å². The highest BCUT2D eigenvalue weighted by Crippen LogP contribution is 2.22. The monoisotopic (exact) mass is 381 g/mol. The number of hydrogen-bond acceptors (Lipinski definition) is 5. The van der Waals surface area contributed by atoms with Crippen molar-refractivity contribution in [3.8, 4) is 0 Å². The molecular weight excluding hydrogens is 354 g/mol. The maximum Gasteiger partial charge on any atom is 0.414 e. The number of hydrogen-bond donors (Lipinski definition) is 2. The molecule has 1 heterocycles. The van der Waals surface area contributed by atoms with E-state index in [-0.39, 0.29) is 4.90 Å². The van der Waals surface area contributed by atoms with Gasteiger partial charge in [-0.1, -0.05) is 17.7 Å². The van der Waals surface area contributed by atoms with Crippen LogP contribution in [0.3, 0.4) is 0 Å². The van der Waals surface area contributed by atoms with Crippen molar-refractivity contribution < 1.29 is 17.9 Å². The van der Waals surface area contributed by atoms with Gasteiger partial charge in [-0.25, -0.2) is 13.2 Å². The largest absolute Gasteiger partial charge is 0.443 e. The van der Waals surface area contributed by atoms with Crippen LogP contribution in [0.2, 0.25) is 0 Å². The number of sulfonamides is 1. The van der Waals surface area contributed by atoms with Crippen molar-refractivity contribution >= 4 is 16.1 Å². The molecule has 1 aromatic carbocycles. The number of carbonyl (C=O) groups is 1. The van der Waals surface area contributed by atoms with Crippen LogP contribution >= 0.6 is 0 Å². The van der Waals surface area contributed by atoms with Crippen molar-refractivity contribution in [1.29, 1.82) is 0 Å². The number of allylic oxidation sites excluding steroid dienone is 1. The van der Waals surface area contributed by atoms with Gasteiger partial charge in [-0.2, -0.15) is 0 Å². The predicted molar refractivity (Wildman–Crippen MR) is 99.5 cm³/mol. The molecule has 1 saturated heterocycles. The molecule has 0 unspecified atom stereocenters. The summed E-state index contributed by atoms with van der Waals surface area (Å²) in [4.78, 5) is 16.4. The summed E-state index contributed by atoms with van der Waals surface area (Å²) >= 11 is 0. The Morgan fingerprint density at radius 2 is 1.85 bits per heavy atom. The number of likely N-dealkylation sites (tertiary alicyclic amines) is 1. The standard InChI is InChI=1S/C18H27N3O4S/c1-14-8-10-16(11-9-14)26(23,24)20-19-13-15-7-5-6-12-21(15)17(22)25-18(2,3)4/h8-11,13,19-20H,5-7,12H2,1-4H3. The number of benzene rings is 1. The van der Waals surface area contributed by atoms with Crippen LogP contribution in [0.25, 0.3) is 0 Å². The van der Waals surface area contributed by atoms with Gasteiger partial charge in [0, 0.05) is 18.4 Å². The molecule has 1 fully saturated rings. The van der Waals surface area contributed by atoms with Crippen molar-refractivity contribution in [2.45, 2.75) is 57.5 Å². The Balaban J connectivity index is 2.04. The topological polar surface area (TPSA) is 87.7 Å². The molecule has 7 nitrogen and oxygen atoms in total. The molecule has 1 amide bonds. The molecule has 0 aromatic heterocycles. The lowest BCUT2D eigenvalue weighted by Crippen LogP contribution is -2.40. The number of carbonyl (C=O) groups excluding carboxylic acids is 1. The highest BCUT2D eigenvalue weighted by molar-refractivity contribution is 7.89. The van der Waals surface area contributed by atoms with Crippen molar-refractivity contribution in [1.82, 2.24) is 15.2 Å². The zero-order valence-electron chi connectivity index (χ0n) is 15.7. The Kier molecular flexibility index (Phi) is 6.30. The second-order valence-electron chi connectivity index (χ2n) is 7.29. The zero-order valence-corrected chi connectivity index (χ0v) is 16.5. The van der Waals surface area contributed by atoms with E-state index in [1.807, 2.05) is 27.7 Å². The number of hydrazine groups is 1. The van der Waals surface area contributed by atoms with E-state index in [0.29, 0.717) is 18.7 Å². The minimum Gasteiger partial charge on any atom is -0.443 e. The minimum absolute atomic E-state index is 0.168. The molecule has 0 radical (unpaired) electrons. The first-order valence-electron chi connectivity index (χ1n) is 8.62. The fraction of sp³-hybridized carbons (Fsp3) is 0.500. The van der Waals surface area contributed by atoms with Crippen LogP contribution < -0.4 is 10.3 Å². The number of nitrogens with one attached hydrogen (secondary N) is 2. The summed E-state index contributed by atoms with van der Waals surface area (Å²) in [6.07, 6.45) is 3.56. The summed E-state index contributed by atoms with van der Waals surface area (Å²) < 4.78 is 30.0. The quantitative estimate of drug-likeness (QED) is 0.783. The van der Waals surface area contributed by atoms with Crippen molar-refractivity contribution in [3.63, 3.8) is 0 Å². The summed E-state index contributed by atoms with van der Waals surface area (Å²) in [5.74, 6) is 0. The normalized spacial score (nSPS) is 17.2. The number of amides is 1. The van der Waals surface area contributed by atoms with Crippen molar-refractivity contribution in [2.75, 3.05) is 6.54 Å². The van der Waals surface area contributed by atoms with Gasteiger partial charge >= 0.3 is 6.09 Å². The Morgan fingerprint density at radius 1 is 1.19 bits per heavy atom. The van der Waals surface area contributed by atoms with Crippen LogP contribution in [0.1, 0.15) is 45.6 Å². The average molecular weight is 381 g/mol. The number of nitrogens with zero attached hydrogens (tertiary/aromatic N) is 1. The second kappa shape index (κ2) is 8.09. The minimum atomic E-state index is -3.68. The van der Waals surface area contributed by atoms with E-state index in [1.54, 1.807) is 29.2 Å². The molecule has 2 N–H and O–H groups in total. The molecule has 1 aromatic rings. The first-order chi connectivity index (χ1) is 12.1. The number of aryl methyl sites for hydroxylation is 1. The highest BCUT2D eigenvalue weighted by atomic mass is 32.2. The number of piperidine rings is 1. The SMILES string of the molecule is Cc1ccc(S(=O)(=O)NNC=C2CCCCN2C(=O)OC(C)(C)C)cc1. The Hall–Kier alpha value is -2.06. The number of rotatable bonds is 4. The molecule has 26 heavy (non-hydrogen) atoms. The van der Waals surface area contributed by atoms with Crippen LogP contribution in [0, 0.1) is 6.92 Å². The van der Waals surface area contributed by atoms with E-state index in [2.05, 4.69) is 10.3 Å². The van der Waals surface area contributed by atoms with Crippen molar-refractivity contribution in [2.24, 2.45) is 0 Å². The van der Waals surface area contributed by atoms with Gasteiger partial charge in [0.1, 0.15) is 5.60 Å². The third-order valence-electron chi connectivity index (χ3n) is 3.79. The lowest BCUT2D eigenvalue weighted by atomic mass is 10.1. The van der Waals surface area contributed by atoms with Gasteiger partial charge in [-0.15, -0.1) is 4.83 Å². The van der Waals surface area contributed by atoms with E-state index in [9.17, 15) is 13.2 Å². The molecule has 1 aliphatic rings.